The van der Waals surface area contributed by atoms with Gasteiger partial charge >= 0.3 is 0 Å². The van der Waals surface area contributed by atoms with Crippen LogP contribution in [-0.2, 0) is 0 Å². The number of nitrogens with zero attached hydrogens (tertiary/aromatic N) is 2. The number of benzene rings is 1. The lowest BCUT2D eigenvalue weighted by Crippen LogP contribution is -2.29. The monoisotopic (exact) mass is 558 g/mol. The van der Waals surface area contributed by atoms with Gasteiger partial charge in [-0.15, -0.1) is 0 Å². The third-order valence-electron chi connectivity index (χ3n) is 6.46. The minimum atomic E-state index is -0.0412. The molecule has 2 aliphatic rings. The van der Waals surface area contributed by atoms with E-state index in [4.69, 9.17) is 17.0 Å². The molecule has 166 valence electrons. The van der Waals surface area contributed by atoms with E-state index in [9.17, 15) is 0 Å². The van der Waals surface area contributed by atoms with Crippen LogP contribution in [0, 0.1) is 17.4 Å². The van der Waals surface area contributed by atoms with Crippen molar-refractivity contribution in [3.05, 3.63) is 74.9 Å². The predicted octanol–water partition coefficient (Wildman–Crippen LogP) is 6.13. The van der Waals surface area contributed by atoms with Gasteiger partial charge < -0.3 is 19.9 Å². The number of pyridine rings is 1. The molecule has 2 fully saturated rings. The van der Waals surface area contributed by atoms with Crippen LogP contribution in [-0.4, -0.2) is 21.2 Å². The number of hydrogen-bond acceptors (Lipinski definition) is 3. The van der Waals surface area contributed by atoms with Crippen LogP contribution >= 0.6 is 34.8 Å². The van der Waals surface area contributed by atoms with Crippen molar-refractivity contribution in [2.75, 3.05) is 4.90 Å². The van der Waals surface area contributed by atoms with Crippen LogP contribution in [0.2, 0.25) is 0 Å². The smallest absolute Gasteiger partial charge is 0.174 e. The van der Waals surface area contributed by atoms with Gasteiger partial charge in [0.2, 0.25) is 0 Å². The number of anilines is 1. The number of nitrogens with one attached hydrogen (secondary N) is 2. The van der Waals surface area contributed by atoms with Gasteiger partial charge in [0.15, 0.2) is 5.11 Å². The second-order valence-corrected chi connectivity index (χ2v) is 10.1. The third-order valence-corrected chi connectivity index (χ3v) is 8.16. The molecule has 1 saturated heterocycles. The molecule has 0 bridgehead atoms. The lowest BCUT2D eigenvalue weighted by Gasteiger charge is -2.28. The fraction of sp³-hybridized carbons (Fsp3) is 0.360. The highest BCUT2D eigenvalue weighted by Crippen LogP contribution is 2.44. The molecule has 2 aromatic heterocycles. The van der Waals surface area contributed by atoms with Gasteiger partial charge in [-0.3, -0.25) is 4.98 Å². The van der Waals surface area contributed by atoms with Crippen LogP contribution in [0.15, 0.2) is 48.7 Å². The van der Waals surface area contributed by atoms with Crippen LogP contribution in [0.3, 0.4) is 0 Å². The van der Waals surface area contributed by atoms with Crippen LogP contribution in [0.4, 0.5) is 5.69 Å². The van der Waals surface area contributed by atoms with Gasteiger partial charge in [0.1, 0.15) is 5.75 Å². The normalized spacial score (nSPS) is 21.2. The summed E-state index contributed by atoms with van der Waals surface area (Å²) in [5.74, 6) is 0.930. The summed E-state index contributed by atoms with van der Waals surface area (Å²) in [5.41, 5.74) is 5.64. The van der Waals surface area contributed by atoms with Gasteiger partial charge in [-0.05, 0) is 111 Å². The summed E-state index contributed by atoms with van der Waals surface area (Å²) in [6, 6.07) is 14.4. The van der Waals surface area contributed by atoms with Crippen molar-refractivity contribution in [1.82, 2.24) is 15.3 Å². The van der Waals surface area contributed by atoms with E-state index in [0.29, 0.717) is 11.2 Å². The minimum Gasteiger partial charge on any atom is -0.490 e. The van der Waals surface area contributed by atoms with E-state index in [2.05, 4.69) is 87.0 Å². The molecule has 1 aliphatic heterocycles. The Kier molecular flexibility index (Phi) is 6.11. The number of halogens is 1. The maximum absolute atomic E-state index is 6.18. The quantitative estimate of drug-likeness (QED) is 0.292. The summed E-state index contributed by atoms with van der Waals surface area (Å²) >= 11 is 8.31. The van der Waals surface area contributed by atoms with E-state index in [1.165, 1.54) is 27.7 Å². The molecule has 5 nitrogen and oxygen atoms in total. The Labute approximate surface area is 208 Å². The van der Waals surface area contributed by atoms with Crippen molar-refractivity contribution < 1.29 is 4.74 Å². The molecular formula is C25H27IN4OS. The number of ether oxygens (including phenoxy) is 1. The molecule has 0 spiro atoms. The fourth-order valence-electron chi connectivity index (χ4n) is 4.93. The van der Waals surface area contributed by atoms with Gasteiger partial charge in [-0.1, -0.05) is 6.07 Å². The molecular weight excluding hydrogens is 531 g/mol. The Balaban J connectivity index is 1.53. The number of H-pyrrole nitrogens is 1. The lowest BCUT2D eigenvalue weighted by atomic mass is 9.96. The predicted molar refractivity (Wildman–Crippen MR) is 140 cm³/mol. The van der Waals surface area contributed by atoms with E-state index in [1.54, 1.807) is 0 Å². The van der Waals surface area contributed by atoms with Gasteiger partial charge in [-0.2, -0.15) is 0 Å². The Morgan fingerprint density at radius 2 is 1.81 bits per heavy atom. The molecule has 0 amide bonds. The van der Waals surface area contributed by atoms with Gasteiger partial charge in [0.25, 0.3) is 0 Å². The maximum atomic E-state index is 6.18. The first-order valence-electron chi connectivity index (χ1n) is 11.1. The molecule has 0 radical (unpaired) electrons. The van der Waals surface area contributed by atoms with Crippen molar-refractivity contribution in [2.45, 2.75) is 57.7 Å². The topological polar surface area (TPSA) is 53.2 Å². The zero-order valence-corrected chi connectivity index (χ0v) is 21.2. The first-order valence-corrected chi connectivity index (χ1v) is 12.6. The van der Waals surface area contributed by atoms with Crippen molar-refractivity contribution in [3.8, 4) is 5.75 Å². The molecule has 0 unspecified atom stereocenters. The van der Waals surface area contributed by atoms with Crippen LogP contribution in [0.5, 0.6) is 5.75 Å². The highest BCUT2D eigenvalue weighted by molar-refractivity contribution is 14.1. The first-order chi connectivity index (χ1) is 15.5. The molecule has 32 heavy (non-hydrogen) atoms. The number of hydrogen-bond donors (Lipinski definition) is 2. The highest BCUT2D eigenvalue weighted by atomic mass is 127. The largest absolute Gasteiger partial charge is 0.490 e. The second-order valence-electron chi connectivity index (χ2n) is 8.62. The van der Waals surface area contributed by atoms with Gasteiger partial charge in [0, 0.05) is 32.4 Å². The summed E-state index contributed by atoms with van der Waals surface area (Å²) < 4.78 is 7.42. The fourth-order valence-corrected chi connectivity index (χ4v) is 6.14. The summed E-state index contributed by atoms with van der Waals surface area (Å²) in [5, 5.41) is 4.26. The number of rotatable bonds is 5. The number of aryl methyl sites for hydroxylation is 2. The van der Waals surface area contributed by atoms with E-state index >= 15 is 0 Å². The van der Waals surface area contributed by atoms with Crippen molar-refractivity contribution >= 4 is 45.6 Å². The Hall–Kier alpha value is -2.13. The first kappa shape index (κ1) is 21.7. The van der Waals surface area contributed by atoms with E-state index < -0.39 is 0 Å². The van der Waals surface area contributed by atoms with Crippen LogP contribution in [0.25, 0.3) is 0 Å². The second kappa shape index (κ2) is 9.02. The molecule has 7 heteroatoms. The zero-order chi connectivity index (χ0) is 22.2. The van der Waals surface area contributed by atoms with Crippen LogP contribution in [0.1, 0.15) is 60.4 Å². The summed E-state index contributed by atoms with van der Waals surface area (Å²) in [7, 11) is 0. The number of thiocarbonyl (C=S) groups is 1. The maximum Gasteiger partial charge on any atom is 0.174 e. The molecule has 3 aromatic rings. The van der Waals surface area contributed by atoms with E-state index in [0.717, 1.165) is 35.7 Å². The minimum absolute atomic E-state index is 0.00384. The van der Waals surface area contributed by atoms with Crippen LogP contribution < -0.4 is 15.0 Å². The number of aromatic amines is 1. The van der Waals surface area contributed by atoms with Crippen molar-refractivity contribution in [3.63, 3.8) is 0 Å². The van der Waals surface area contributed by atoms with E-state index in [-0.39, 0.29) is 12.1 Å². The van der Waals surface area contributed by atoms with Gasteiger partial charge in [-0.25, -0.2) is 0 Å². The zero-order valence-electron chi connectivity index (χ0n) is 18.3. The Bertz CT molecular complexity index is 1110. The number of aromatic nitrogens is 2. The molecule has 2 N–H and O–H groups in total. The molecule has 2 atom stereocenters. The average Bonchev–Trinajstić information content (AvgIpc) is 3.48. The van der Waals surface area contributed by atoms with Crippen molar-refractivity contribution in [2.24, 2.45) is 0 Å². The summed E-state index contributed by atoms with van der Waals surface area (Å²) in [6.45, 7) is 4.26. The third kappa shape index (κ3) is 4.01. The van der Waals surface area contributed by atoms with E-state index in [1.807, 2.05) is 18.3 Å². The van der Waals surface area contributed by atoms with Gasteiger partial charge in [0.05, 0.1) is 23.9 Å². The average molecular weight is 558 g/mol. The Morgan fingerprint density at radius 3 is 2.44 bits per heavy atom. The summed E-state index contributed by atoms with van der Waals surface area (Å²) in [6.07, 6.45) is 7.03. The standard InChI is InChI=1S/C25H27IN4OS/c1-15-21(22(26)16(2)28-15)24-23(20-9-5-6-14-27-20)29-25(32)30(24)17-10-12-19(13-11-17)31-18-7-3-4-8-18/h5-6,9-14,18,23-24,28H,3-4,7-8H2,1-2H3,(H,29,32)/t23-,24+/m0/s1. The van der Waals surface area contributed by atoms with Crippen molar-refractivity contribution in [1.29, 1.82) is 0 Å². The molecule has 1 aliphatic carbocycles. The highest BCUT2D eigenvalue weighted by Gasteiger charge is 2.43. The molecule has 1 saturated carbocycles. The molecule has 5 rings (SSSR count). The SMILES string of the molecule is Cc1[nH]c(C)c([C@@H]2[C@H](c3ccccn3)NC(=S)N2c2ccc(OC3CCCC3)cc2)c1I. The molecule has 3 heterocycles. The summed E-state index contributed by atoms with van der Waals surface area (Å²) in [4.78, 5) is 10.4. The lowest BCUT2D eigenvalue weighted by molar-refractivity contribution is 0.210. The molecule has 1 aromatic carbocycles. The Morgan fingerprint density at radius 1 is 1.06 bits per heavy atom.